The molecule has 19 heavy (non-hydrogen) atoms. The summed E-state index contributed by atoms with van der Waals surface area (Å²) in [6, 6.07) is 8.05. The zero-order chi connectivity index (χ0) is 13.4. The van der Waals surface area contributed by atoms with Crippen molar-refractivity contribution in [1.29, 1.82) is 0 Å². The summed E-state index contributed by atoms with van der Waals surface area (Å²) < 4.78 is 7.84. The van der Waals surface area contributed by atoms with E-state index in [9.17, 15) is 4.79 Å². The molecular formula is C16H19NO2. The van der Waals surface area contributed by atoms with Gasteiger partial charge in [0, 0.05) is 17.5 Å². The van der Waals surface area contributed by atoms with Gasteiger partial charge in [-0.1, -0.05) is 6.07 Å². The number of hydrogen-bond acceptors (Lipinski definition) is 2. The van der Waals surface area contributed by atoms with Crippen LogP contribution in [0.5, 0.6) is 5.75 Å². The van der Waals surface area contributed by atoms with Gasteiger partial charge in [0.1, 0.15) is 5.75 Å². The number of hydrogen-bond donors (Lipinski definition) is 0. The Morgan fingerprint density at radius 2 is 2.16 bits per heavy atom. The first-order valence-electron chi connectivity index (χ1n) is 6.92. The summed E-state index contributed by atoms with van der Waals surface area (Å²) in [5.41, 5.74) is 1.08. The van der Waals surface area contributed by atoms with Crippen molar-refractivity contribution in [2.75, 3.05) is 0 Å². The maximum Gasteiger partial charge on any atom is 0.155 e. The van der Waals surface area contributed by atoms with Gasteiger partial charge in [-0.15, -0.1) is 0 Å². The summed E-state index contributed by atoms with van der Waals surface area (Å²) in [5.74, 6) is 1.56. The highest BCUT2D eigenvalue weighted by Gasteiger charge is 2.29. The van der Waals surface area contributed by atoms with Gasteiger partial charge in [0.25, 0.3) is 0 Å². The second-order valence-electron chi connectivity index (χ2n) is 5.54. The Kier molecular flexibility index (Phi) is 3.05. The maximum absolute atomic E-state index is 11.9. The van der Waals surface area contributed by atoms with Gasteiger partial charge in [0.15, 0.2) is 5.78 Å². The summed E-state index contributed by atoms with van der Waals surface area (Å²) >= 11 is 0. The van der Waals surface area contributed by atoms with Gasteiger partial charge in [-0.2, -0.15) is 0 Å². The average molecular weight is 257 g/mol. The summed E-state index contributed by atoms with van der Waals surface area (Å²) in [6.45, 7) is 4.53. The number of fused-ring (bicyclic) bond motifs is 1. The monoisotopic (exact) mass is 257 g/mol. The molecule has 3 nitrogen and oxygen atoms in total. The van der Waals surface area contributed by atoms with Crippen molar-refractivity contribution in [2.24, 2.45) is 5.92 Å². The van der Waals surface area contributed by atoms with Crippen molar-refractivity contribution in [3.05, 3.63) is 30.5 Å². The van der Waals surface area contributed by atoms with Crippen molar-refractivity contribution < 1.29 is 9.53 Å². The molecule has 0 N–H and O–H groups in total. The molecule has 3 heteroatoms. The zero-order valence-corrected chi connectivity index (χ0v) is 11.4. The summed E-state index contributed by atoms with van der Waals surface area (Å²) in [7, 11) is 0. The topological polar surface area (TPSA) is 31.2 Å². The molecule has 3 rings (SSSR count). The third kappa shape index (κ3) is 2.50. The smallest absolute Gasteiger partial charge is 0.155 e. The maximum atomic E-state index is 11.9. The molecule has 0 amide bonds. The normalized spacial score (nSPS) is 15.1. The van der Waals surface area contributed by atoms with E-state index < -0.39 is 0 Å². The van der Waals surface area contributed by atoms with Crippen molar-refractivity contribution in [3.8, 4) is 5.75 Å². The van der Waals surface area contributed by atoms with Crippen molar-refractivity contribution in [3.63, 3.8) is 0 Å². The first-order valence-corrected chi connectivity index (χ1v) is 6.92. The van der Waals surface area contributed by atoms with E-state index >= 15 is 0 Å². The number of ketones is 1. The van der Waals surface area contributed by atoms with E-state index in [2.05, 4.69) is 0 Å². The van der Waals surface area contributed by atoms with Crippen molar-refractivity contribution >= 4 is 16.7 Å². The SMILES string of the molecule is CC(C)Oc1cccc2c1ccn2CC(=O)C1CC1. The molecule has 0 bridgehead atoms. The van der Waals surface area contributed by atoms with Gasteiger partial charge in [-0.25, -0.2) is 0 Å². The summed E-state index contributed by atoms with van der Waals surface area (Å²) in [4.78, 5) is 11.9. The third-order valence-corrected chi connectivity index (χ3v) is 3.50. The molecule has 1 aromatic heterocycles. The predicted molar refractivity (Wildman–Crippen MR) is 75.4 cm³/mol. The lowest BCUT2D eigenvalue weighted by molar-refractivity contribution is -0.120. The Bertz CT molecular complexity index is 608. The number of aromatic nitrogens is 1. The van der Waals surface area contributed by atoms with Crippen LogP contribution in [0.3, 0.4) is 0 Å². The molecule has 1 fully saturated rings. The number of Topliss-reactive ketones (excluding diaryl/α,β-unsaturated/α-hetero) is 1. The van der Waals surface area contributed by atoms with E-state index in [1.165, 1.54) is 0 Å². The number of ether oxygens (including phenoxy) is 1. The molecule has 1 saturated carbocycles. The fraction of sp³-hybridized carbons (Fsp3) is 0.438. The predicted octanol–water partition coefficient (Wildman–Crippen LogP) is 3.41. The second-order valence-corrected chi connectivity index (χ2v) is 5.54. The first kappa shape index (κ1) is 12.3. The van der Waals surface area contributed by atoms with E-state index in [0.29, 0.717) is 18.2 Å². The van der Waals surface area contributed by atoms with Gasteiger partial charge < -0.3 is 9.30 Å². The van der Waals surface area contributed by atoms with Gasteiger partial charge in [-0.05, 0) is 44.9 Å². The lowest BCUT2D eigenvalue weighted by atomic mass is 10.2. The molecule has 0 radical (unpaired) electrons. The zero-order valence-electron chi connectivity index (χ0n) is 11.4. The van der Waals surface area contributed by atoms with Crippen LogP contribution in [0.25, 0.3) is 10.9 Å². The van der Waals surface area contributed by atoms with Crippen LogP contribution in [-0.4, -0.2) is 16.5 Å². The van der Waals surface area contributed by atoms with Crippen LogP contribution in [0.15, 0.2) is 30.5 Å². The fourth-order valence-corrected chi connectivity index (χ4v) is 2.39. The molecule has 1 aliphatic carbocycles. The Labute approximate surface area is 113 Å². The largest absolute Gasteiger partial charge is 0.490 e. The minimum Gasteiger partial charge on any atom is -0.490 e. The number of nitrogens with zero attached hydrogens (tertiary/aromatic N) is 1. The molecule has 1 heterocycles. The van der Waals surface area contributed by atoms with Crippen LogP contribution < -0.4 is 4.74 Å². The molecule has 100 valence electrons. The molecule has 2 aromatic rings. The van der Waals surface area contributed by atoms with Gasteiger partial charge in [-0.3, -0.25) is 4.79 Å². The number of benzene rings is 1. The highest BCUT2D eigenvalue weighted by molar-refractivity contribution is 5.89. The Hall–Kier alpha value is -1.77. The van der Waals surface area contributed by atoms with E-state index in [4.69, 9.17) is 4.74 Å². The molecule has 0 atom stereocenters. The third-order valence-electron chi connectivity index (χ3n) is 3.50. The molecule has 0 unspecified atom stereocenters. The number of carbonyl (C=O) groups is 1. The van der Waals surface area contributed by atoms with E-state index in [-0.39, 0.29) is 6.10 Å². The van der Waals surface area contributed by atoms with Crippen LogP contribution >= 0.6 is 0 Å². The lowest BCUT2D eigenvalue weighted by Crippen LogP contribution is -2.10. The Morgan fingerprint density at radius 3 is 2.84 bits per heavy atom. The molecule has 0 spiro atoms. The highest BCUT2D eigenvalue weighted by atomic mass is 16.5. The van der Waals surface area contributed by atoms with Crippen LogP contribution in [-0.2, 0) is 11.3 Å². The van der Waals surface area contributed by atoms with E-state index in [0.717, 1.165) is 29.5 Å². The lowest BCUT2D eigenvalue weighted by Gasteiger charge is -2.11. The van der Waals surface area contributed by atoms with Crippen LogP contribution in [0.2, 0.25) is 0 Å². The van der Waals surface area contributed by atoms with Crippen LogP contribution in [0.1, 0.15) is 26.7 Å². The Balaban J connectivity index is 1.91. The quantitative estimate of drug-likeness (QED) is 0.822. The fourth-order valence-electron chi connectivity index (χ4n) is 2.39. The highest BCUT2D eigenvalue weighted by Crippen LogP contribution is 2.32. The number of rotatable bonds is 5. The van der Waals surface area contributed by atoms with E-state index in [1.54, 1.807) is 0 Å². The second kappa shape index (κ2) is 4.72. The number of carbonyl (C=O) groups excluding carboxylic acids is 1. The van der Waals surface area contributed by atoms with Gasteiger partial charge in [0.05, 0.1) is 18.2 Å². The minimum atomic E-state index is 0.155. The van der Waals surface area contributed by atoms with Gasteiger partial charge in [0.2, 0.25) is 0 Å². The standard InChI is InChI=1S/C16H19NO2/c1-11(2)19-16-5-3-4-14-13(16)8-9-17(14)10-15(18)12-6-7-12/h3-5,8-9,11-12H,6-7,10H2,1-2H3. The minimum absolute atomic E-state index is 0.155. The molecule has 0 aliphatic heterocycles. The van der Waals surface area contributed by atoms with Crippen molar-refractivity contribution in [1.82, 2.24) is 4.57 Å². The molecule has 0 saturated heterocycles. The van der Waals surface area contributed by atoms with Crippen LogP contribution in [0.4, 0.5) is 0 Å². The van der Waals surface area contributed by atoms with E-state index in [1.807, 2.05) is 48.9 Å². The van der Waals surface area contributed by atoms with Gasteiger partial charge >= 0.3 is 0 Å². The Morgan fingerprint density at radius 1 is 1.37 bits per heavy atom. The summed E-state index contributed by atoms with van der Waals surface area (Å²) in [6.07, 6.45) is 4.28. The molecular weight excluding hydrogens is 238 g/mol. The molecule has 1 aromatic carbocycles. The molecule has 1 aliphatic rings. The summed E-state index contributed by atoms with van der Waals surface area (Å²) in [5, 5.41) is 1.08. The first-order chi connectivity index (χ1) is 9.15. The average Bonchev–Trinajstić information content (AvgIpc) is 3.13. The van der Waals surface area contributed by atoms with Crippen molar-refractivity contribution in [2.45, 2.75) is 39.3 Å². The van der Waals surface area contributed by atoms with Crippen LogP contribution in [0, 0.1) is 5.92 Å².